The highest BCUT2D eigenvalue weighted by atomic mass is 16.5. The number of carbonyl (C=O) groups is 1. The molecule has 0 spiro atoms. The first-order valence-corrected chi connectivity index (χ1v) is 7.29. The van der Waals surface area contributed by atoms with E-state index in [4.69, 9.17) is 4.52 Å². The van der Waals surface area contributed by atoms with E-state index < -0.39 is 0 Å². The summed E-state index contributed by atoms with van der Waals surface area (Å²) in [5.41, 5.74) is 2.18. The second kappa shape index (κ2) is 5.68. The van der Waals surface area contributed by atoms with Crippen molar-refractivity contribution in [3.8, 4) is 11.4 Å². The van der Waals surface area contributed by atoms with Crippen LogP contribution < -0.4 is 0 Å². The molecule has 5 nitrogen and oxygen atoms in total. The molecule has 3 rings (SSSR count). The standard InChI is InChI=1S/C16H19N3O2/c1-11-3-5-13(6-4-11)15-17-16(21-18-15)14-7-9-19(10-8-14)12(2)20/h3-6,14H,7-10H2,1-2H3. The van der Waals surface area contributed by atoms with E-state index >= 15 is 0 Å². The van der Waals surface area contributed by atoms with Crippen molar-refractivity contribution >= 4 is 5.91 Å². The first-order valence-electron chi connectivity index (χ1n) is 7.29. The zero-order valence-corrected chi connectivity index (χ0v) is 12.4. The maximum atomic E-state index is 11.3. The van der Waals surface area contributed by atoms with E-state index in [1.54, 1.807) is 6.92 Å². The first-order chi connectivity index (χ1) is 10.1. The fourth-order valence-corrected chi connectivity index (χ4v) is 2.66. The van der Waals surface area contributed by atoms with Crippen molar-refractivity contribution in [3.63, 3.8) is 0 Å². The molecule has 1 aliphatic rings. The fourth-order valence-electron chi connectivity index (χ4n) is 2.66. The van der Waals surface area contributed by atoms with E-state index in [9.17, 15) is 4.79 Å². The molecular formula is C16H19N3O2. The number of amides is 1. The Hall–Kier alpha value is -2.17. The topological polar surface area (TPSA) is 59.2 Å². The molecule has 2 aromatic rings. The number of hydrogen-bond donors (Lipinski definition) is 0. The number of hydrogen-bond acceptors (Lipinski definition) is 4. The summed E-state index contributed by atoms with van der Waals surface area (Å²) in [6.07, 6.45) is 1.77. The Kier molecular flexibility index (Phi) is 3.73. The summed E-state index contributed by atoms with van der Waals surface area (Å²) in [5.74, 6) is 1.72. The number of carbonyl (C=O) groups excluding carboxylic acids is 1. The maximum absolute atomic E-state index is 11.3. The van der Waals surface area contributed by atoms with Crippen molar-refractivity contribution in [1.82, 2.24) is 15.0 Å². The van der Waals surface area contributed by atoms with E-state index in [2.05, 4.69) is 10.1 Å². The minimum atomic E-state index is 0.138. The van der Waals surface area contributed by atoms with Crippen LogP contribution in [0.2, 0.25) is 0 Å². The monoisotopic (exact) mass is 285 g/mol. The van der Waals surface area contributed by atoms with Gasteiger partial charge in [-0.05, 0) is 19.8 Å². The molecule has 1 aromatic heterocycles. The lowest BCUT2D eigenvalue weighted by Crippen LogP contribution is -2.36. The third kappa shape index (κ3) is 2.96. The van der Waals surface area contributed by atoms with Crippen LogP contribution in [-0.2, 0) is 4.79 Å². The van der Waals surface area contributed by atoms with Crippen LogP contribution in [0.5, 0.6) is 0 Å². The molecule has 0 radical (unpaired) electrons. The molecule has 0 aliphatic carbocycles. The van der Waals surface area contributed by atoms with E-state index in [1.807, 2.05) is 36.1 Å². The number of aryl methyl sites for hydroxylation is 1. The Balaban J connectivity index is 1.71. The lowest BCUT2D eigenvalue weighted by Gasteiger charge is -2.29. The minimum absolute atomic E-state index is 0.138. The zero-order valence-electron chi connectivity index (χ0n) is 12.4. The molecule has 1 saturated heterocycles. The van der Waals surface area contributed by atoms with Gasteiger partial charge in [0.25, 0.3) is 0 Å². The van der Waals surface area contributed by atoms with E-state index in [-0.39, 0.29) is 11.8 Å². The van der Waals surface area contributed by atoms with Crippen LogP contribution in [0.4, 0.5) is 0 Å². The quantitative estimate of drug-likeness (QED) is 0.851. The molecule has 1 amide bonds. The largest absolute Gasteiger partial charge is 0.343 e. The summed E-state index contributed by atoms with van der Waals surface area (Å²) >= 11 is 0. The first kappa shape index (κ1) is 13.8. The second-order valence-corrected chi connectivity index (χ2v) is 5.60. The summed E-state index contributed by atoms with van der Waals surface area (Å²) in [6, 6.07) is 8.08. The van der Waals surface area contributed by atoms with Gasteiger partial charge in [0, 0.05) is 31.5 Å². The van der Waals surface area contributed by atoms with Gasteiger partial charge >= 0.3 is 0 Å². The average Bonchev–Trinajstić information content (AvgIpc) is 2.98. The summed E-state index contributed by atoms with van der Waals surface area (Å²) in [5, 5.41) is 4.08. The van der Waals surface area contributed by atoms with Crippen molar-refractivity contribution < 1.29 is 9.32 Å². The smallest absolute Gasteiger partial charge is 0.230 e. The Morgan fingerprint density at radius 2 is 1.90 bits per heavy atom. The van der Waals surface area contributed by atoms with Gasteiger partial charge in [-0.25, -0.2) is 0 Å². The third-order valence-electron chi connectivity index (χ3n) is 4.04. The van der Waals surface area contributed by atoms with Crippen LogP contribution in [0.1, 0.15) is 37.1 Å². The maximum Gasteiger partial charge on any atom is 0.230 e. The summed E-state index contributed by atoms with van der Waals surface area (Å²) in [7, 11) is 0. The van der Waals surface area contributed by atoms with Gasteiger partial charge < -0.3 is 9.42 Å². The number of nitrogens with zero attached hydrogens (tertiary/aromatic N) is 3. The molecule has 1 fully saturated rings. The van der Waals surface area contributed by atoms with Crippen molar-refractivity contribution in [2.75, 3.05) is 13.1 Å². The second-order valence-electron chi connectivity index (χ2n) is 5.60. The molecule has 0 saturated carbocycles. The predicted molar refractivity (Wildman–Crippen MR) is 78.7 cm³/mol. The minimum Gasteiger partial charge on any atom is -0.343 e. The predicted octanol–water partition coefficient (Wildman–Crippen LogP) is 2.77. The highest BCUT2D eigenvalue weighted by Gasteiger charge is 2.26. The molecule has 0 atom stereocenters. The molecule has 110 valence electrons. The number of likely N-dealkylation sites (tertiary alicyclic amines) is 1. The zero-order chi connectivity index (χ0) is 14.8. The highest BCUT2D eigenvalue weighted by Crippen LogP contribution is 2.28. The van der Waals surface area contributed by atoms with Gasteiger partial charge in [-0.2, -0.15) is 4.98 Å². The van der Waals surface area contributed by atoms with E-state index in [0.717, 1.165) is 31.5 Å². The van der Waals surface area contributed by atoms with Crippen LogP contribution in [-0.4, -0.2) is 34.0 Å². The Labute approximate surface area is 124 Å². The molecule has 1 aromatic carbocycles. The van der Waals surface area contributed by atoms with Crippen molar-refractivity contribution in [2.24, 2.45) is 0 Å². The van der Waals surface area contributed by atoms with Crippen LogP contribution in [0, 0.1) is 6.92 Å². The van der Waals surface area contributed by atoms with Crippen LogP contribution >= 0.6 is 0 Å². The average molecular weight is 285 g/mol. The number of benzene rings is 1. The molecular weight excluding hydrogens is 266 g/mol. The Bertz CT molecular complexity index is 625. The summed E-state index contributed by atoms with van der Waals surface area (Å²) < 4.78 is 5.42. The number of aromatic nitrogens is 2. The number of piperidine rings is 1. The van der Waals surface area contributed by atoms with Gasteiger partial charge in [-0.3, -0.25) is 4.79 Å². The van der Waals surface area contributed by atoms with Gasteiger partial charge in [0.05, 0.1) is 0 Å². The molecule has 0 bridgehead atoms. The van der Waals surface area contributed by atoms with Crippen LogP contribution in [0.25, 0.3) is 11.4 Å². The van der Waals surface area contributed by atoms with Gasteiger partial charge in [0.1, 0.15) is 0 Å². The molecule has 0 N–H and O–H groups in total. The van der Waals surface area contributed by atoms with Crippen molar-refractivity contribution in [2.45, 2.75) is 32.6 Å². The van der Waals surface area contributed by atoms with Gasteiger partial charge in [0.15, 0.2) is 0 Å². The highest BCUT2D eigenvalue weighted by molar-refractivity contribution is 5.73. The molecule has 2 heterocycles. The van der Waals surface area contributed by atoms with Gasteiger partial charge in [0.2, 0.25) is 17.6 Å². The summed E-state index contributed by atoms with van der Waals surface area (Å²) in [4.78, 5) is 17.7. The normalized spacial score (nSPS) is 16.2. The lowest BCUT2D eigenvalue weighted by molar-refractivity contribution is -0.129. The number of rotatable bonds is 2. The fraction of sp³-hybridized carbons (Fsp3) is 0.438. The van der Waals surface area contributed by atoms with Crippen molar-refractivity contribution in [1.29, 1.82) is 0 Å². The molecule has 21 heavy (non-hydrogen) atoms. The van der Waals surface area contributed by atoms with E-state index in [0.29, 0.717) is 11.7 Å². The molecule has 1 aliphatic heterocycles. The molecule has 0 unspecified atom stereocenters. The van der Waals surface area contributed by atoms with Crippen molar-refractivity contribution in [3.05, 3.63) is 35.7 Å². The van der Waals surface area contributed by atoms with Gasteiger partial charge in [-0.1, -0.05) is 35.0 Å². The third-order valence-corrected chi connectivity index (χ3v) is 4.04. The van der Waals surface area contributed by atoms with Crippen LogP contribution in [0.3, 0.4) is 0 Å². The van der Waals surface area contributed by atoms with E-state index in [1.165, 1.54) is 5.56 Å². The van der Waals surface area contributed by atoms with Crippen LogP contribution in [0.15, 0.2) is 28.8 Å². The Morgan fingerprint density at radius 1 is 1.24 bits per heavy atom. The SMILES string of the molecule is CC(=O)N1CCC(c2nc(-c3ccc(C)cc3)no2)CC1. The molecule has 5 heteroatoms. The Morgan fingerprint density at radius 3 is 2.52 bits per heavy atom. The summed E-state index contributed by atoms with van der Waals surface area (Å²) in [6.45, 7) is 5.20. The lowest BCUT2D eigenvalue weighted by atomic mass is 9.97. The van der Waals surface area contributed by atoms with Gasteiger partial charge in [-0.15, -0.1) is 0 Å².